The van der Waals surface area contributed by atoms with Gasteiger partial charge in [-0.1, -0.05) is 24.3 Å². The third-order valence-electron chi connectivity index (χ3n) is 4.60. The first-order valence-electron chi connectivity index (χ1n) is 8.39. The molecule has 4 nitrogen and oxygen atoms in total. The van der Waals surface area contributed by atoms with E-state index in [-0.39, 0.29) is 5.78 Å². The van der Waals surface area contributed by atoms with Crippen LogP contribution in [0.4, 0.5) is 0 Å². The molecule has 0 fully saturated rings. The molecule has 2 unspecified atom stereocenters. The van der Waals surface area contributed by atoms with Gasteiger partial charge in [-0.3, -0.25) is 4.79 Å². The van der Waals surface area contributed by atoms with Crippen molar-refractivity contribution in [3.63, 3.8) is 0 Å². The van der Waals surface area contributed by atoms with Crippen LogP contribution in [-0.4, -0.2) is 37.0 Å². The molecule has 136 valence electrons. The van der Waals surface area contributed by atoms with Gasteiger partial charge in [0.25, 0.3) is 0 Å². The predicted molar refractivity (Wildman–Crippen MR) is 105 cm³/mol. The Kier molecular flexibility index (Phi) is 5.69. The topological polar surface area (TPSA) is 55.8 Å². The summed E-state index contributed by atoms with van der Waals surface area (Å²) in [7, 11) is 3.25. The van der Waals surface area contributed by atoms with Crippen LogP contribution in [0, 0.1) is 5.92 Å². The van der Waals surface area contributed by atoms with Gasteiger partial charge < -0.3 is 14.6 Å². The van der Waals surface area contributed by atoms with Gasteiger partial charge in [-0.25, -0.2) is 0 Å². The Morgan fingerprint density at radius 3 is 1.92 bits per heavy atom. The number of carbonyl (C=O) groups is 1. The number of methoxy groups -OCH3 is 2. The highest BCUT2D eigenvalue weighted by Gasteiger charge is 2.34. The number of aliphatic hydroxyl groups is 1. The maximum atomic E-state index is 12.0. The van der Waals surface area contributed by atoms with Crippen molar-refractivity contribution >= 4 is 28.0 Å². The summed E-state index contributed by atoms with van der Waals surface area (Å²) in [4.78, 5) is 13.0. The van der Waals surface area contributed by atoms with Crippen LogP contribution < -0.4 is 9.47 Å². The summed E-state index contributed by atoms with van der Waals surface area (Å²) in [5.41, 5.74) is 2.68. The third-order valence-corrected chi connectivity index (χ3v) is 5.87. The second kappa shape index (κ2) is 7.98. The molecule has 0 aromatic heterocycles. The minimum atomic E-state index is -0.834. The first kappa shape index (κ1) is 18.5. The zero-order chi connectivity index (χ0) is 18.7. The molecule has 0 amide bonds. The summed E-state index contributed by atoms with van der Waals surface area (Å²) in [6.45, 7) is 1.54. The molecule has 2 aromatic carbocycles. The normalized spacial score (nSPS) is 20.0. The van der Waals surface area contributed by atoms with Gasteiger partial charge in [0.2, 0.25) is 0 Å². The Balaban J connectivity index is 2.11. The zero-order valence-electron chi connectivity index (χ0n) is 15.1. The predicted octanol–water partition coefficient (Wildman–Crippen LogP) is 3.89. The van der Waals surface area contributed by atoms with E-state index in [1.165, 1.54) is 0 Å². The SMILES string of the molecule is COc1ccc(C2=C(c3ccc(OC)cc3)C(O)C(C(C)=O)CS2)cc1. The number of ether oxygens (including phenoxy) is 2. The van der Waals surface area contributed by atoms with Gasteiger partial charge in [0.1, 0.15) is 17.3 Å². The molecular formula is C21H22O4S. The van der Waals surface area contributed by atoms with Crippen LogP contribution in [0.25, 0.3) is 10.5 Å². The van der Waals surface area contributed by atoms with E-state index in [9.17, 15) is 9.90 Å². The standard InChI is InChI=1S/C21H22O4S/c1-13(22)18-12-26-21(15-6-10-17(25-3)11-7-15)19(20(18)23)14-4-8-16(24-2)9-5-14/h4-11,18,20,23H,12H2,1-3H3. The Morgan fingerprint density at radius 2 is 1.46 bits per heavy atom. The number of aliphatic hydroxyl groups excluding tert-OH is 1. The van der Waals surface area contributed by atoms with Gasteiger partial charge in [-0.2, -0.15) is 0 Å². The quantitative estimate of drug-likeness (QED) is 0.865. The van der Waals surface area contributed by atoms with E-state index < -0.39 is 12.0 Å². The molecule has 0 spiro atoms. The second-order valence-electron chi connectivity index (χ2n) is 6.17. The first-order valence-corrected chi connectivity index (χ1v) is 9.38. The summed E-state index contributed by atoms with van der Waals surface area (Å²) >= 11 is 1.61. The molecule has 2 atom stereocenters. The van der Waals surface area contributed by atoms with Crippen molar-refractivity contribution in [2.24, 2.45) is 5.92 Å². The second-order valence-corrected chi connectivity index (χ2v) is 7.20. The van der Waals surface area contributed by atoms with E-state index in [2.05, 4.69) is 0 Å². The lowest BCUT2D eigenvalue weighted by atomic mass is 9.88. The van der Waals surface area contributed by atoms with Crippen molar-refractivity contribution < 1.29 is 19.4 Å². The summed E-state index contributed by atoms with van der Waals surface area (Å²) in [6, 6.07) is 15.3. The average Bonchev–Trinajstić information content (AvgIpc) is 2.67. The summed E-state index contributed by atoms with van der Waals surface area (Å²) in [5, 5.41) is 11.0. The van der Waals surface area contributed by atoms with Gasteiger partial charge >= 0.3 is 0 Å². The molecule has 2 aromatic rings. The molecule has 0 radical (unpaired) electrons. The molecule has 0 aliphatic carbocycles. The number of hydrogen-bond acceptors (Lipinski definition) is 5. The smallest absolute Gasteiger partial charge is 0.136 e. The van der Waals surface area contributed by atoms with Crippen LogP contribution >= 0.6 is 11.8 Å². The molecule has 1 aliphatic heterocycles. The van der Waals surface area contributed by atoms with Crippen LogP contribution in [0.15, 0.2) is 48.5 Å². The van der Waals surface area contributed by atoms with Crippen molar-refractivity contribution in [3.05, 3.63) is 59.7 Å². The molecule has 1 aliphatic rings. The fourth-order valence-electron chi connectivity index (χ4n) is 3.07. The van der Waals surface area contributed by atoms with Crippen LogP contribution in [0.2, 0.25) is 0 Å². The lowest BCUT2D eigenvalue weighted by Gasteiger charge is -2.31. The fourth-order valence-corrected chi connectivity index (χ4v) is 4.53. The van der Waals surface area contributed by atoms with Crippen LogP contribution in [0.5, 0.6) is 11.5 Å². The number of Topliss-reactive ketones (excluding diaryl/α,β-unsaturated/α-hetero) is 1. The van der Waals surface area contributed by atoms with Crippen LogP contribution in [-0.2, 0) is 4.79 Å². The Labute approximate surface area is 157 Å². The average molecular weight is 370 g/mol. The van der Waals surface area contributed by atoms with Gasteiger partial charge in [-0.05, 0) is 42.3 Å². The van der Waals surface area contributed by atoms with Crippen LogP contribution in [0.3, 0.4) is 0 Å². The summed E-state index contributed by atoms with van der Waals surface area (Å²) in [5.74, 6) is 1.70. The lowest BCUT2D eigenvalue weighted by Crippen LogP contribution is -2.33. The molecule has 0 saturated heterocycles. The van der Waals surface area contributed by atoms with Crippen molar-refractivity contribution in [3.8, 4) is 11.5 Å². The third kappa shape index (κ3) is 3.64. The number of rotatable bonds is 5. The molecule has 1 N–H and O–H groups in total. The van der Waals surface area contributed by atoms with Gasteiger partial charge in [0, 0.05) is 16.2 Å². The fraction of sp³-hybridized carbons (Fsp3) is 0.286. The lowest BCUT2D eigenvalue weighted by molar-refractivity contribution is -0.122. The number of benzene rings is 2. The maximum Gasteiger partial charge on any atom is 0.136 e. The van der Waals surface area contributed by atoms with E-state index in [1.807, 2.05) is 48.5 Å². The largest absolute Gasteiger partial charge is 0.497 e. The van der Waals surface area contributed by atoms with Crippen molar-refractivity contribution in [1.82, 2.24) is 0 Å². The molecule has 0 saturated carbocycles. The Hall–Kier alpha value is -2.24. The zero-order valence-corrected chi connectivity index (χ0v) is 15.9. The molecule has 3 rings (SSSR count). The van der Waals surface area contributed by atoms with E-state index in [0.29, 0.717) is 5.75 Å². The Morgan fingerprint density at radius 1 is 0.962 bits per heavy atom. The molecule has 26 heavy (non-hydrogen) atoms. The van der Waals surface area contributed by atoms with Crippen molar-refractivity contribution in [2.45, 2.75) is 13.0 Å². The van der Waals surface area contributed by atoms with E-state index in [0.717, 1.165) is 33.1 Å². The molecule has 5 heteroatoms. The van der Waals surface area contributed by atoms with Crippen molar-refractivity contribution in [2.75, 3.05) is 20.0 Å². The van der Waals surface area contributed by atoms with E-state index in [1.54, 1.807) is 32.9 Å². The maximum absolute atomic E-state index is 12.0. The van der Waals surface area contributed by atoms with Crippen molar-refractivity contribution in [1.29, 1.82) is 0 Å². The minimum absolute atomic E-state index is 0.00444. The summed E-state index contributed by atoms with van der Waals surface area (Å²) < 4.78 is 10.5. The Bertz CT molecular complexity index is 809. The summed E-state index contributed by atoms with van der Waals surface area (Å²) in [6.07, 6.45) is -0.834. The van der Waals surface area contributed by atoms with Gasteiger partial charge in [0.15, 0.2) is 0 Å². The molecule has 0 bridgehead atoms. The highest BCUT2D eigenvalue weighted by molar-refractivity contribution is 8.08. The number of ketones is 1. The monoisotopic (exact) mass is 370 g/mol. The minimum Gasteiger partial charge on any atom is -0.497 e. The van der Waals surface area contributed by atoms with E-state index in [4.69, 9.17) is 9.47 Å². The highest BCUT2D eigenvalue weighted by atomic mass is 32.2. The molecular weight excluding hydrogens is 348 g/mol. The number of thioether (sulfide) groups is 1. The first-order chi connectivity index (χ1) is 12.5. The number of hydrogen-bond donors (Lipinski definition) is 1. The van der Waals surface area contributed by atoms with Crippen LogP contribution in [0.1, 0.15) is 18.1 Å². The van der Waals surface area contributed by atoms with Gasteiger partial charge in [-0.15, -0.1) is 11.8 Å². The highest BCUT2D eigenvalue weighted by Crippen LogP contribution is 2.45. The number of carbonyl (C=O) groups excluding carboxylic acids is 1. The molecule has 1 heterocycles. The van der Waals surface area contributed by atoms with Gasteiger partial charge in [0.05, 0.1) is 26.2 Å². The van der Waals surface area contributed by atoms with E-state index >= 15 is 0 Å².